The molecule has 0 aliphatic carbocycles. The van der Waals surface area contributed by atoms with E-state index < -0.39 is 0 Å². The van der Waals surface area contributed by atoms with E-state index in [9.17, 15) is 9.59 Å². The number of nitrogens with one attached hydrogen (secondary N) is 2. The summed E-state index contributed by atoms with van der Waals surface area (Å²) < 4.78 is 0. The van der Waals surface area contributed by atoms with Crippen molar-refractivity contribution >= 4 is 45.3 Å². The Morgan fingerprint density at radius 1 is 1.07 bits per heavy atom. The molecule has 2 amide bonds. The molecule has 140 valence electrons. The third-order valence-electron chi connectivity index (χ3n) is 3.98. The fraction of sp³-hybridized carbons (Fsp3) is 0.250. The molecule has 3 rings (SSSR count). The van der Waals surface area contributed by atoms with Gasteiger partial charge in [-0.25, -0.2) is 4.98 Å². The third kappa shape index (κ3) is 5.24. The zero-order valence-corrected chi connectivity index (χ0v) is 16.8. The van der Waals surface area contributed by atoms with Crippen LogP contribution in [0.1, 0.15) is 47.1 Å². The van der Waals surface area contributed by atoms with E-state index in [4.69, 9.17) is 0 Å². The van der Waals surface area contributed by atoms with E-state index in [-0.39, 0.29) is 11.8 Å². The number of thiazole rings is 1. The predicted molar refractivity (Wildman–Crippen MR) is 112 cm³/mol. The Labute approximate surface area is 166 Å². The smallest absolute Gasteiger partial charge is 0.267 e. The molecule has 1 aromatic carbocycles. The SMILES string of the molecule is CC(C)c1ccccc1NC(=O)CCc1csc(NC(=O)c2cccs2)n1. The number of carbonyl (C=O) groups is 2. The van der Waals surface area contributed by atoms with Gasteiger partial charge in [-0.2, -0.15) is 0 Å². The molecule has 2 N–H and O–H groups in total. The molecule has 0 atom stereocenters. The molecule has 0 saturated carbocycles. The lowest BCUT2D eigenvalue weighted by Crippen LogP contribution is -2.14. The highest BCUT2D eigenvalue weighted by Crippen LogP contribution is 2.24. The topological polar surface area (TPSA) is 71.1 Å². The number of amides is 2. The molecule has 2 aromatic heterocycles. The first-order valence-electron chi connectivity index (χ1n) is 8.71. The largest absolute Gasteiger partial charge is 0.326 e. The van der Waals surface area contributed by atoms with Gasteiger partial charge in [0.25, 0.3) is 5.91 Å². The van der Waals surface area contributed by atoms with Crippen LogP contribution in [-0.2, 0) is 11.2 Å². The summed E-state index contributed by atoms with van der Waals surface area (Å²) >= 11 is 2.75. The highest BCUT2D eigenvalue weighted by atomic mass is 32.1. The van der Waals surface area contributed by atoms with Gasteiger partial charge in [-0.1, -0.05) is 38.1 Å². The number of aromatic nitrogens is 1. The lowest BCUT2D eigenvalue weighted by Gasteiger charge is -2.13. The van der Waals surface area contributed by atoms with Crippen LogP contribution in [0.4, 0.5) is 10.8 Å². The molecular weight excluding hydrogens is 378 g/mol. The molecule has 0 unspecified atom stereocenters. The van der Waals surface area contributed by atoms with Gasteiger partial charge in [0.15, 0.2) is 5.13 Å². The number of benzene rings is 1. The Hall–Kier alpha value is -2.51. The Kier molecular flexibility index (Phi) is 6.36. The molecule has 0 aliphatic heterocycles. The molecule has 0 fully saturated rings. The highest BCUT2D eigenvalue weighted by Gasteiger charge is 2.12. The van der Waals surface area contributed by atoms with E-state index >= 15 is 0 Å². The van der Waals surface area contributed by atoms with Gasteiger partial charge in [0, 0.05) is 17.5 Å². The highest BCUT2D eigenvalue weighted by molar-refractivity contribution is 7.14. The zero-order chi connectivity index (χ0) is 19.2. The monoisotopic (exact) mass is 399 g/mol. The van der Waals surface area contributed by atoms with Gasteiger partial charge in [-0.3, -0.25) is 14.9 Å². The molecule has 5 nitrogen and oxygen atoms in total. The molecule has 0 saturated heterocycles. The lowest BCUT2D eigenvalue weighted by molar-refractivity contribution is -0.116. The van der Waals surface area contributed by atoms with Crippen LogP contribution in [0.3, 0.4) is 0 Å². The number of hydrogen-bond acceptors (Lipinski definition) is 5. The van der Waals surface area contributed by atoms with Crippen molar-refractivity contribution < 1.29 is 9.59 Å². The fourth-order valence-corrected chi connectivity index (χ4v) is 3.97. The third-order valence-corrected chi connectivity index (χ3v) is 5.66. The van der Waals surface area contributed by atoms with Crippen LogP contribution in [0.5, 0.6) is 0 Å². The molecular formula is C20H21N3O2S2. The maximum atomic E-state index is 12.3. The number of thiophene rings is 1. The van der Waals surface area contributed by atoms with Gasteiger partial charge in [0.05, 0.1) is 10.6 Å². The van der Waals surface area contributed by atoms with E-state index in [1.54, 1.807) is 6.07 Å². The Bertz CT molecular complexity index is 917. The average Bonchev–Trinajstić information content (AvgIpc) is 3.32. The second kappa shape index (κ2) is 8.92. The quantitative estimate of drug-likeness (QED) is 0.577. The molecule has 2 heterocycles. The molecule has 27 heavy (non-hydrogen) atoms. The van der Waals surface area contributed by atoms with Crippen molar-refractivity contribution in [3.63, 3.8) is 0 Å². The Morgan fingerprint density at radius 3 is 2.63 bits per heavy atom. The molecule has 0 bridgehead atoms. The van der Waals surface area contributed by atoms with Gasteiger partial charge in [-0.15, -0.1) is 22.7 Å². The molecule has 0 aliphatic rings. The zero-order valence-electron chi connectivity index (χ0n) is 15.2. The van der Waals surface area contributed by atoms with Crippen molar-refractivity contribution in [3.05, 3.63) is 63.3 Å². The fourth-order valence-electron chi connectivity index (χ4n) is 2.61. The number of carbonyl (C=O) groups excluding carboxylic acids is 2. The van der Waals surface area contributed by atoms with Gasteiger partial charge < -0.3 is 5.32 Å². The standard InChI is InChI=1S/C20H21N3O2S2/c1-13(2)15-6-3-4-7-16(15)22-18(24)10-9-14-12-27-20(21-14)23-19(25)17-8-5-11-26-17/h3-8,11-13H,9-10H2,1-2H3,(H,22,24)(H,21,23,25). The number of nitrogens with zero attached hydrogens (tertiary/aromatic N) is 1. The summed E-state index contributed by atoms with van der Waals surface area (Å²) in [6.07, 6.45) is 0.871. The van der Waals surface area contributed by atoms with E-state index in [0.29, 0.717) is 28.8 Å². The van der Waals surface area contributed by atoms with E-state index in [1.807, 2.05) is 41.1 Å². The molecule has 3 aromatic rings. The van der Waals surface area contributed by atoms with Crippen LogP contribution in [0.15, 0.2) is 47.2 Å². The number of anilines is 2. The first-order chi connectivity index (χ1) is 13.0. The van der Waals surface area contributed by atoms with E-state index in [0.717, 1.165) is 16.9 Å². The summed E-state index contributed by atoms with van der Waals surface area (Å²) in [7, 11) is 0. The van der Waals surface area contributed by atoms with Gasteiger partial charge in [0.2, 0.25) is 5.91 Å². The summed E-state index contributed by atoms with van der Waals surface area (Å²) in [6, 6.07) is 11.5. The van der Waals surface area contributed by atoms with Crippen molar-refractivity contribution in [3.8, 4) is 0 Å². The van der Waals surface area contributed by atoms with Crippen molar-refractivity contribution in [1.82, 2.24) is 4.98 Å². The number of aryl methyl sites for hydroxylation is 1. The first kappa shape index (κ1) is 19.3. The second-order valence-corrected chi connectivity index (χ2v) is 8.17. The minimum atomic E-state index is -0.158. The van der Waals surface area contributed by atoms with Crippen LogP contribution in [0.2, 0.25) is 0 Å². The van der Waals surface area contributed by atoms with Crippen LogP contribution < -0.4 is 10.6 Å². The van der Waals surface area contributed by atoms with Crippen molar-refractivity contribution in [1.29, 1.82) is 0 Å². The molecule has 0 spiro atoms. The summed E-state index contributed by atoms with van der Waals surface area (Å²) in [5.74, 6) is 0.142. The van der Waals surface area contributed by atoms with Crippen molar-refractivity contribution in [2.75, 3.05) is 10.6 Å². The molecule has 0 radical (unpaired) electrons. The summed E-state index contributed by atoms with van der Waals surface area (Å²) in [5.41, 5.74) is 2.78. The summed E-state index contributed by atoms with van der Waals surface area (Å²) in [5, 5.41) is 10.1. The van der Waals surface area contributed by atoms with Crippen molar-refractivity contribution in [2.24, 2.45) is 0 Å². The second-order valence-electron chi connectivity index (χ2n) is 6.37. The summed E-state index contributed by atoms with van der Waals surface area (Å²) in [4.78, 5) is 29.4. The number of rotatable bonds is 7. The first-order valence-corrected chi connectivity index (χ1v) is 10.5. The Balaban J connectivity index is 1.53. The average molecular weight is 400 g/mol. The van der Waals surface area contributed by atoms with Gasteiger partial charge in [-0.05, 0) is 35.4 Å². The van der Waals surface area contributed by atoms with E-state index in [1.165, 1.54) is 22.7 Å². The minimum Gasteiger partial charge on any atom is -0.326 e. The lowest BCUT2D eigenvalue weighted by atomic mass is 10.0. The van der Waals surface area contributed by atoms with Crippen LogP contribution in [0, 0.1) is 0 Å². The van der Waals surface area contributed by atoms with E-state index in [2.05, 4.69) is 29.5 Å². The van der Waals surface area contributed by atoms with Gasteiger partial charge >= 0.3 is 0 Å². The summed E-state index contributed by atoms with van der Waals surface area (Å²) in [6.45, 7) is 4.21. The predicted octanol–water partition coefficient (Wildman–Crippen LogP) is 5.15. The maximum Gasteiger partial charge on any atom is 0.267 e. The van der Waals surface area contributed by atoms with Crippen LogP contribution >= 0.6 is 22.7 Å². The van der Waals surface area contributed by atoms with Crippen LogP contribution in [-0.4, -0.2) is 16.8 Å². The van der Waals surface area contributed by atoms with Gasteiger partial charge in [0.1, 0.15) is 0 Å². The maximum absolute atomic E-state index is 12.3. The molecule has 7 heteroatoms. The Morgan fingerprint density at radius 2 is 1.89 bits per heavy atom. The normalized spacial score (nSPS) is 10.8. The number of para-hydroxylation sites is 1. The van der Waals surface area contributed by atoms with Crippen LogP contribution in [0.25, 0.3) is 0 Å². The number of hydrogen-bond donors (Lipinski definition) is 2. The van der Waals surface area contributed by atoms with Crippen molar-refractivity contribution in [2.45, 2.75) is 32.6 Å². The minimum absolute atomic E-state index is 0.0414.